The van der Waals surface area contributed by atoms with Crippen LogP contribution in [0, 0.1) is 0 Å². The summed E-state index contributed by atoms with van der Waals surface area (Å²) in [6.07, 6.45) is 20.4. The molecule has 6 aromatic rings. The fourth-order valence-electron chi connectivity index (χ4n) is 4.62. The summed E-state index contributed by atoms with van der Waals surface area (Å²) in [6, 6.07) is 58.7. The van der Waals surface area contributed by atoms with Gasteiger partial charge in [0.25, 0.3) is 0 Å². The summed E-state index contributed by atoms with van der Waals surface area (Å²) in [7, 11) is 9.63. The second kappa shape index (κ2) is 29.3. The Morgan fingerprint density at radius 2 is 0.404 bits per heavy atom. The van der Waals surface area contributed by atoms with Gasteiger partial charge in [-0.05, 0) is 69.8 Å². The molecule has 6 rings (SSSR count). The monoisotopic (exact) mass is 878 g/mol. The van der Waals surface area contributed by atoms with E-state index in [4.69, 9.17) is 19.1 Å². The Bertz CT molecular complexity index is 1790. The zero-order chi connectivity index (χ0) is 40.6. The van der Waals surface area contributed by atoms with E-state index in [1.807, 2.05) is 218 Å². The van der Waals surface area contributed by atoms with E-state index < -0.39 is 0 Å². The third-order valence-corrected chi connectivity index (χ3v) is 7.44. The van der Waals surface area contributed by atoms with Crippen LogP contribution in [0.3, 0.4) is 0 Å². The van der Waals surface area contributed by atoms with Crippen molar-refractivity contribution in [2.24, 2.45) is 0 Å². The van der Waals surface area contributed by atoms with Crippen LogP contribution in [-0.4, -0.2) is 17.3 Å². The van der Waals surface area contributed by atoms with Crippen LogP contribution in [-0.2, 0) is 30.3 Å². The zero-order valence-corrected chi connectivity index (χ0v) is 34.1. The normalized spacial score (nSPS) is 10.9. The van der Waals surface area contributed by atoms with Crippen molar-refractivity contribution in [2.45, 2.75) is 0 Å². The van der Waals surface area contributed by atoms with E-state index in [2.05, 4.69) is 0 Å². The van der Waals surface area contributed by atoms with Crippen molar-refractivity contribution in [1.29, 1.82) is 0 Å². The maximum absolute atomic E-state index is 11.6. The molecule has 0 aliphatic rings. The minimum atomic E-state index is -0.106. The van der Waals surface area contributed by atoms with E-state index in [9.17, 15) is 14.4 Å². The molecular formula is C51H42Cl2O3Pd. The zero-order valence-electron chi connectivity index (χ0n) is 31.0. The summed E-state index contributed by atoms with van der Waals surface area (Å²) in [5, 5.41) is 0. The molecular weight excluding hydrogens is 838 g/mol. The van der Waals surface area contributed by atoms with Crippen molar-refractivity contribution >= 4 is 72.9 Å². The maximum atomic E-state index is 11.6. The molecule has 0 saturated carbocycles. The van der Waals surface area contributed by atoms with Crippen molar-refractivity contribution in [2.75, 3.05) is 0 Å². The molecule has 0 aliphatic carbocycles. The van der Waals surface area contributed by atoms with Crippen LogP contribution in [0.25, 0.3) is 36.5 Å². The van der Waals surface area contributed by atoms with Crippen LogP contribution in [0.15, 0.2) is 218 Å². The van der Waals surface area contributed by atoms with Crippen LogP contribution >= 0.6 is 19.1 Å². The Balaban J connectivity index is 0.000000221. The molecule has 0 aromatic heterocycles. The van der Waals surface area contributed by atoms with E-state index in [-0.39, 0.29) is 33.3 Å². The molecule has 0 radical (unpaired) electrons. The van der Waals surface area contributed by atoms with E-state index in [1.165, 1.54) is 0 Å². The van der Waals surface area contributed by atoms with Gasteiger partial charge in [-0.15, -0.1) is 0 Å². The van der Waals surface area contributed by atoms with Gasteiger partial charge in [-0.1, -0.05) is 218 Å². The van der Waals surface area contributed by atoms with Crippen LogP contribution in [0.2, 0.25) is 0 Å². The van der Waals surface area contributed by atoms with Crippen LogP contribution in [0.4, 0.5) is 0 Å². The quantitative estimate of drug-likeness (QED) is 0.0909. The molecule has 0 heterocycles. The molecule has 0 saturated heterocycles. The van der Waals surface area contributed by atoms with Crippen LogP contribution in [0.5, 0.6) is 0 Å². The number of rotatable bonds is 12. The third kappa shape index (κ3) is 22.2. The van der Waals surface area contributed by atoms with Gasteiger partial charge in [0.2, 0.25) is 0 Å². The number of carbonyl (C=O) groups is 3. The fraction of sp³-hybridized carbons (Fsp3) is 0. The third-order valence-electron chi connectivity index (χ3n) is 7.44. The van der Waals surface area contributed by atoms with Gasteiger partial charge in [-0.2, -0.15) is 0 Å². The summed E-state index contributed by atoms with van der Waals surface area (Å²) < 4.78 is 0. The van der Waals surface area contributed by atoms with Gasteiger partial charge in [-0.3, -0.25) is 14.4 Å². The number of hydrogen-bond donors (Lipinski definition) is 0. The number of benzene rings is 6. The predicted octanol–water partition coefficient (Wildman–Crippen LogP) is 13.3. The summed E-state index contributed by atoms with van der Waals surface area (Å²) in [5.74, 6) is -0.0341. The van der Waals surface area contributed by atoms with E-state index in [0.29, 0.717) is 0 Å². The Morgan fingerprint density at radius 1 is 0.281 bits per heavy atom. The average molecular weight is 880 g/mol. The van der Waals surface area contributed by atoms with Crippen molar-refractivity contribution in [3.63, 3.8) is 0 Å². The molecule has 3 nitrogen and oxygen atoms in total. The first-order valence-corrected chi connectivity index (χ1v) is 21.8. The summed E-state index contributed by atoms with van der Waals surface area (Å²) >= 11 is -0.106. The minimum absolute atomic E-state index is 0.0114. The van der Waals surface area contributed by atoms with Gasteiger partial charge in [-0.25, -0.2) is 0 Å². The number of halogens is 2. The Morgan fingerprint density at radius 3 is 0.526 bits per heavy atom. The first-order chi connectivity index (χ1) is 27.9. The summed E-state index contributed by atoms with van der Waals surface area (Å²) in [6.45, 7) is 0. The summed E-state index contributed by atoms with van der Waals surface area (Å²) in [4.78, 5) is 34.8. The van der Waals surface area contributed by atoms with Gasteiger partial charge >= 0.3 is 35.0 Å². The number of hydrogen-bond acceptors (Lipinski definition) is 3. The van der Waals surface area contributed by atoms with Gasteiger partial charge in [0.15, 0.2) is 17.3 Å². The molecule has 288 valence electrons. The van der Waals surface area contributed by atoms with Crippen LogP contribution < -0.4 is 0 Å². The SMILES string of the molecule is O=C(C=Cc1ccccc1)C=Cc1ccccc1.O=C(C=Cc1ccccc1)C=Cc1ccccc1.O=C(C=Cc1ccccc1)C=Cc1ccccc1.[Cl][Pd][Cl]. The van der Waals surface area contributed by atoms with Gasteiger partial charge in [0, 0.05) is 0 Å². The second-order valence-corrected chi connectivity index (χ2v) is 14.1. The topological polar surface area (TPSA) is 51.2 Å². The number of allylic oxidation sites excluding steroid dienone is 6. The van der Waals surface area contributed by atoms with E-state index in [0.717, 1.165) is 33.4 Å². The Kier molecular flexibility index (Phi) is 23.4. The van der Waals surface area contributed by atoms with Gasteiger partial charge < -0.3 is 0 Å². The molecule has 0 unspecified atom stereocenters. The molecule has 0 fully saturated rings. The van der Waals surface area contributed by atoms with Crippen molar-refractivity contribution < 1.29 is 30.3 Å². The van der Waals surface area contributed by atoms with Gasteiger partial charge in [0.05, 0.1) is 0 Å². The Labute approximate surface area is 352 Å². The molecule has 0 atom stereocenters. The molecule has 6 heteroatoms. The van der Waals surface area contributed by atoms with Crippen molar-refractivity contribution in [3.8, 4) is 0 Å². The Hall–Kier alpha value is -5.99. The van der Waals surface area contributed by atoms with Crippen LogP contribution in [0.1, 0.15) is 33.4 Å². The first kappa shape index (κ1) is 45.4. The molecule has 0 spiro atoms. The predicted molar refractivity (Wildman–Crippen MR) is 240 cm³/mol. The van der Waals surface area contributed by atoms with E-state index >= 15 is 0 Å². The van der Waals surface area contributed by atoms with E-state index in [1.54, 1.807) is 36.5 Å². The molecule has 0 aliphatic heterocycles. The summed E-state index contributed by atoms with van der Waals surface area (Å²) in [5.41, 5.74) is 6.16. The number of ketones is 3. The fourth-order valence-corrected chi connectivity index (χ4v) is 4.62. The standard InChI is InChI=1S/3C17H14O.2ClH.Pd/c3*18-17(13-11-15-7-3-1-4-8-15)14-12-16-9-5-2-6-10-16;;;/h3*1-14H;2*1H;/q;;;;;+2/p-2. The molecule has 0 N–H and O–H groups in total. The molecule has 0 bridgehead atoms. The van der Waals surface area contributed by atoms with Gasteiger partial charge in [0.1, 0.15) is 0 Å². The number of carbonyl (C=O) groups excluding carboxylic acids is 3. The molecule has 0 amide bonds. The first-order valence-electron chi connectivity index (χ1n) is 17.8. The van der Waals surface area contributed by atoms with Crippen molar-refractivity contribution in [1.82, 2.24) is 0 Å². The van der Waals surface area contributed by atoms with Crippen molar-refractivity contribution in [3.05, 3.63) is 252 Å². The second-order valence-electron chi connectivity index (χ2n) is 11.7. The molecule has 57 heavy (non-hydrogen) atoms. The average Bonchev–Trinajstić information content (AvgIpc) is 3.27. The molecule has 6 aromatic carbocycles.